The summed E-state index contributed by atoms with van der Waals surface area (Å²) >= 11 is 0. The van der Waals surface area contributed by atoms with Gasteiger partial charge in [-0.25, -0.2) is 5.26 Å². The standard InChI is InChI=1S/C26H31NO3.C3H4O4/c28-25(30-24-14-19-29-20-15-24)13-18-27-16-11-23(12-17-27)26(21-7-3-1-4-8-21)22-9-5-2-6-10-22;1-2-3-5-7-6-4/h1-10,24H,11-20H2;1,4H,3H2. The highest BCUT2D eigenvalue weighted by Gasteiger charge is 2.21. The molecule has 1 N–H and O–H groups in total. The normalized spacial score (nSPS) is 16.3. The highest BCUT2D eigenvalue weighted by atomic mass is 17.6. The quantitative estimate of drug-likeness (QED) is 0.172. The van der Waals surface area contributed by atoms with Gasteiger partial charge in [0.05, 0.1) is 19.6 Å². The minimum absolute atomic E-state index is 0.0430. The Kier molecular flexibility index (Phi) is 12.9. The van der Waals surface area contributed by atoms with Gasteiger partial charge in [0.1, 0.15) is 12.7 Å². The average Bonchev–Trinajstić information content (AvgIpc) is 2.95. The third kappa shape index (κ3) is 10.1. The number of hydrogen-bond acceptors (Lipinski definition) is 8. The van der Waals surface area contributed by atoms with Crippen LogP contribution in [0.25, 0.3) is 5.57 Å². The molecule has 0 amide bonds. The number of nitrogens with zero attached hydrogens (tertiary/aromatic N) is 1. The van der Waals surface area contributed by atoms with Crippen LogP contribution in [0.1, 0.15) is 43.2 Å². The maximum absolute atomic E-state index is 12.2. The van der Waals surface area contributed by atoms with Crippen molar-refractivity contribution in [2.24, 2.45) is 0 Å². The lowest BCUT2D eigenvalue weighted by Gasteiger charge is -2.30. The van der Waals surface area contributed by atoms with E-state index >= 15 is 0 Å². The van der Waals surface area contributed by atoms with Gasteiger partial charge >= 0.3 is 5.97 Å². The van der Waals surface area contributed by atoms with E-state index < -0.39 is 0 Å². The van der Waals surface area contributed by atoms with Crippen LogP contribution in [0.5, 0.6) is 0 Å². The fourth-order valence-electron chi connectivity index (χ4n) is 4.45. The van der Waals surface area contributed by atoms with Gasteiger partial charge in [-0.3, -0.25) is 4.79 Å². The number of benzene rings is 2. The van der Waals surface area contributed by atoms with Gasteiger partial charge in [0.15, 0.2) is 0 Å². The summed E-state index contributed by atoms with van der Waals surface area (Å²) in [6, 6.07) is 21.4. The van der Waals surface area contributed by atoms with Crippen LogP contribution in [0.15, 0.2) is 66.2 Å². The first kappa shape index (κ1) is 28.5. The van der Waals surface area contributed by atoms with Crippen molar-refractivity contribution in [1.29, 1.82) is 0 Å². The predicted octanol–water partition coefficient (Wildman–Crippen LogP) is 4.67. The molecule has 0 spiro atoms. The molecule has 0 unspecified atom stereocenters. The molecule has 2 aromatic rings. The number of rotatable bonds is 9. The van der Waals surface area contributed by atoms with Gasteiger partial charge in [-0.15, -0.1) is 6.42 Å². The molecule has 2 aliphatic rings. The number of likely N-dealkylation sites (tertiary alicyclic amines) is 1. The SMILES string of the molecule is C#CCOOOO.O=C(CCN1CCC(=C(c2ccccc2)c2ccccc2)CC1)OC1CCOCC1. The molecular formula is C29H35NO7. The van der Waals surface area contributed by atoms with Crippen LogP contribution in [0.3, 0.4) is 0 Å². The van der Waals surface area contributed by atoms with E-state index in [2.05, 4.69) is 92.9 Å². The molecule has 4 rings (SSSR count). The Balaban J connectivity index is 0.000000479. The first-order valence-electron chi connectivity index (χ1n) is 12.6. The van der Waals surface area contributed by atoms with Crippen molar-refractivity contribution < 1.29 is 34.5 Å². The van der Waals surface area contributed by atoms with Gasteiger partial charge in [-0.2, -0.15) is 4.89 Å². The molecule has 0 aliphatic carbocycles. The van der Waals surface area contributed by atoms with Gasteiger partial charge < -0.3 is 14.4 Å². The summed E-state index contributed by atoms with van der Waals surface area (Å²) in [5, 5.41) is 13.9. The number of carbonyl (C=O) groups is 1. The van der Waals surface area contributed by atoms with Crippen molar-refractivity contribution in [3.8, 4) is 12.3 Å². The second-order valence-corrected chi connectivity index (χ2v) is 8.71. The van der Waals surface area contributed by atoms with E-state index in [1.807, 2.05) is 0 Å². The first-order chi connectivity index (χ1) is 18.2. The Morgan fingerprint density at radius 1 is 1.00 bits per heavy atom. The minimum Gasteiger partial charge on any atom is -0.462 e. The molecule has 0 atom stereocenters. The summed E-state index contributed by atoms with van der Waals surface area (Å²) in [6.07, 6.45) is 8.91. The van der Waals surface area contributed by atoms with Crippen LogP contribution in [-0.4, -0.2) is 61.7 Å². The monoisotopic (exact) mass is 509 g/mol. The predicted molar refractivity (Wildman–Crippen MR) is 139 cm³/mol. The summed E-state index contributed by atoms with van der Waals surface area (Å²) in [4.78, 5) is 18.5. The molecule has 2 saturated heterocycles. The topological polar surface area (TPSA) is 86.7 Å². The largest absolute Gasteiger partial charge is 0.462 e. The van der Waals surface area contributed by atoms with E-state index in [-0.39, 0.29) is 18.7 Å². The van der Waals surface area contributed by atoms with Crippen LogP contribution >= 0.6 is 0 Å². The molecule has 8 nitrogen and oxygen atoms in total. The molecule has 37 heavy (non-hydrogen) atoms. The number of hydrogen-bond donors (Lipinski definition) is 1. The van der Waals surface area contributed by atoms with Gasteiger partial charge in [0, 0.05) is 32.5 Å². The zero-order valence-corrected chi connectivity index (χ0v) is 21.1. The fourth-order valence-corrected chi connectivity index (χ4v) is 4.45. The lowest BCUT2D eigenvalue weighted by Crippen LogP contribution is -2.34. The van der Waals surface area contributed by atoms with E-state index in [1.165, 1.54) is 22.3 Å². The van der Waals surface area contributed by atoms with E-state index in [0.29, 0.717) is 19.6 Å². The molecule has 2 aromatic carbocycles. The van der Waals surface area contributed by atoms with Gasteiger partial charge in [0.25, 0.3) is 0 Å². The maximum atomic E-state index is 12.2. The molecule has 2 fully saturated rings. The molecule has 2 heterocycles. The highest BCUT2D eigenvalue weighted by molar-refractivity contribution is 5.82. The fraction of sp³-hybridized carbons (Fsp3) is 0.414. The van der Waals surface area contributed by atoms with E-state index in [4.69, 9.17) is 14.7 Å². The maximum Gasteiger partial charge on any atom is 0.307 e. The zero-order valence-electron chi connectivity index (χ0n) is 21.1. The van der Waals surface area contributed by atoms with E-state index in [1.54, 1.807) is 0 Å². The number of terminal acetylenes is 1. The second kappa shape index (κ2) is 16.7. The summed E-state index contributed by atoms with van der Waals surface area (Å²) in [5.74, 6) is 1.99. The Bertz CT molecular complexity index is 946. The Morgan fingerprint density at radius 2 is 1.59 bits per heavy atom. The number of carbonyl (C=O) groups excluding carboxylic acids is 1. The van der Waals surface area contributed by atoms with Crippen LogP contribution in [0.4, 0.5) is 0 Å². The molecular weight excluding hydrogens is 474 g/mol. The van der Waals surface area contributed by atoms with Crippen molar-refractivity contribution >= 4 is 11.5 Å². The van der Waals surface area contributed by atoms with E-state index in [0.717, 1.165) is 45.3 Å². The van der Waals surface area contributed by atoms with Crippen LogP contribution in [0.2, 0.25) is 0 Å². The van der Waals surface area contributed by atoms with Crippen molar-refractivity contribution in [1.82, 2.24) is 4.90 Å². The molecule has 2 aliphatic heterocycles. The molecule has 0 radical (unpaired) electrons. The van der Waals surface area contributed by atoms with Crippen molar-refractivity contribution in [3.63, 3.8) is 0 Å². The summed E-state index contributed by atoms with van der Waals surface area (Å²) < 4.78 is 10.9. The van der Waals surface area contributed by atoms with Crippen LogP contribution in [-0.2, 0) is 29.2 Å². The second-order valence-electron chi connectivity index (χ2n) is 8.71. The minimum atomic E-state index is -0.0718. The van der Waals surface area contributed by atoms with Crippen LogP contribution < -0.4 is 0 Å². The summed E-state index contributed by atoms with van der Waals surface area (Å²) in [7, 11) is 0. The zero-order chi connectivity index (χ0) is 26.1. The van der Waals surface area contributed by atoms with Crippen LogP contribution in [0, 0.1) is 12.3 Å². The number of esters is 1. The van der Waals surface area contributed by atoms with Gasteiger partial charge in [-0.1, -0.05) is 72.2 Å². The molecule has 0 aromatic heterocycles. The molecule has 0 saturated carbocycles. The number of piperidine rings is 1. The molecule has 0 bridgehead atoms. The van der Waals surface area contributed by atoms with Gasteiger partial charge in [0.2, 0.25) is 0 Å². The molecule has 198 valence electrons. The smallest absolute Gasteiger partial charge is 0.307 e. The third-order valence-corrected chi connectivity index (χ3v) is 6.26. The number of ether oxygens (including phenoxy) is 2. The summed E-state index contributed by atoms with van der Waals surface area (Å²) in [6.45, 7) is 4.10. The lowest BCUT2D eigenvalue weighted by molar-refractivity contribution is -0.620. The van der Waals surface area contributed by atoms with Crippen molar-refractivity contribution in [2.75, 3.05) is 39.5 Å². The summed E-state index contributed by atoms with van der Waals surface area (Å²) in [5.41, 5.74) is 5.45. The Hall–Kier alpha value is -3.03. The lowest BCUT2D eigenvalue weighted by atomic mass is 9.88. The Morgan fingerprint density at radius 3 is 2.14 bits per heavy atom. The Labute approximate surface area is 218 Å². The van der Waals surface area contributed by atoms with Crippen molar-refractivity contribution in [3.05, 3.63) is 77.4 Å². The first-order valence-corrected chi connectivity index (χ1v) is 12.6. The third-order valence-electron chi connectivity index (χ3n) is 6.26. The highest BCUT2D eigenvalue weighted by Crippen LogP contribution is 2.32. The van der Waals surface area contributed by atoms with E-state index in [9.17, 15) is 4.79 Å². The van der Waals surface area contributed by atoms with Crippen molar-refractivity contribution in [2.45, 2.75) is 38.2 Å². The average molecular weight is 510 g/mol. The molecule has 8 heteroatoms. The van der Waals surface area contributed by atoms with Gasteiger partial charge in [-0.05, 0) is 39.6 Å².